The smallest absolute Gasteiger partial charge is 0.0917 e. The van der Waals surface area contributed by atoms with E-state index in [-0.39, 0.29) is 0 Å². The van der Waals surface area contributed by atoms with Gasteiger partial charge in [0.05, 0.1) is 17.0 Å². The summed E-state index contributed by atoms with van der Waals surface area (Å²) in [7, 11) is 3.88. The summed E-state index contributed by atoms with van der Waals surface area (Å²) >= 11 is 0. The number of aliphatic hydroxyl groups is 1. The molecule has 0 saturated heterocycles. The van der Waals surface area contributed by atoms with Crippen molar-refractivity contribution in [3.05, 3.63) is 23.8 Å². The summed E-state index contributed by atoms with van der Waals surface area (Å²) in [6.07, 6.45) is 0. The van der Waals surface area contributed by atoms with Crippen molar-refractivity contribution in [3.63, 3.8) is 0 Å². The van der Waals surface area contributed by atoms with Gasteiger partial charge in [-0.05, 0) is 45.6 Å². The van der Waals surface area contributed by atoms with Crippen LogP contribution in [0.25, 0.3) is 0 Å². The van der Waals surface area contributed by atoms with Crippen molar-refractivity contribution < 1.29 is 5.11 Å². The van der Waals surface area contributed by atoms with Gasteiger partial charge in [-0.1, -0.05) is 6.07 Å². The Bertz CT molecular complexity index is 375. The number of likely N-dealkylation sites (N-methyl/N-ethyl adjacent to an activating group) is 1. The van der Waals surface area contributed by atoms with Gasteiger partial charge in [0.2, 0.25) is 0 Å². The summed E-state index contributed by atoms with van der Waals surface area (Å²) in [5, 5.41) is 13.3. The molecule has 0 aromatic heterocycles. The molecule has 0 saturated carbocycles. The summed E-state index contributed by atoms with van der Waals surface area (Å²) in [5.41, 5.74) is 7.84. The van der Waals surface area contributed by atoms with Crippen molar-refractivity contribution >= 4 is 11.4 Å². The summed E-state index contributed by atoms with van der Waals surface area (Å²) in [6, 6.07) is 5.86. The molecule has 0 bridgehead atoms. The summed E-state index contributed by atoms with van der Waals surface area (Å²) < 4.78 is 0. The molecule has 4 heteroatoms. The van der Waals surface area contributed by atoms with Crippen molar-refractivity contribution in [1.29, 1.82) is 0 Å². The SMILES string of the molecule is Cc1ccc(NCC(C)(O)CN(C)C)c(N)c1. The molecule has 0 spiro atoms. The maximum atomic E-state index is 10.1. The molecule has 1 aromatic rings. The van der Waals surface area contributed by atoms with Gasteiger partial charge in [-0.25, -0.2) is 0 Å². The second-order valence-corrected chi connectivity index (χ2v) is 5.18. The number of nitrogens with zero attached hydrogens (tertiary/aromatic N) is 1. The molecule has 17 heavy (non-hydrogen) atoms. The van der Waals surface area contributed by atoms with Crippen LogP contribution in [0.3, 0.4) is 0 Å². The fraction of sp³-hybridized carbons (Fsp3) is 0.538. The zero-order valence-corrected chi connectivity index (χ0v) is 11.1. The molecule has 0 fully saturated rings. The van der Waals surface area contributed by atoms with Crippen LogP contribution >= 0.6 is 0 Å². The fourth-order valence-corrected chi connectivity index (χ4v) is 1.87. The molecule has 0 radical (unpaired) electrons. The van der Waals surface area contributed by atoms with Crippen molar-refractivity contribution in [2.75, 3.05) is 38.2 Å². The summed E-state index contributed by atoms with van der Waals surface area (Å²) in [5.74, 6) is 0. The van der Waals surface area contributed by atoms with E-state index in [4.69, 9.17) is 5.73 Å². The largest absolute Gasteiger partial charge is 0.397 e. The second kappa shape index (κ2) is 5.38. The fourth-order valence-electron chi connectivity index (χ4n) is 1.87. The number of anilines is 2. The van der Waals surface area contributed by atoms with E-state index in [2.05, 4.69) is 5.32 Å². The summed E-state index contributed by atoms with van der Waals surface area (Å²) in [6.45, 7) is 4.89. The van der Waals surface area contributed by atoms with E-state index >= 15 is 0 Å². The standard InChI is InChI=1S/C13H23N3O/c1-10-5-6-12(11(14)7-10)15-8-13(2,17)9-16(3)4/h5-7,15,17H,8-9,14H2,1-4H3. The highest BCUT2D eigenvalue weighted by atomic mass is 16.3. The number of nitrogen functional groups attached to an aromatic ring is 1. The second-order valence-electron chi connectivity index (χ2n) is 5.18. The monoisotopic (exact) mass is 237 g/mol. The first-order valence-electron chi connectivity index (χ1n) is 5.77. The van der Waals surface area contributed by atoms with E-state index in [9.17, 15) is 5.11 Å². The Hall–Kier alpha value is -1.26. The van der Waals surface area contributed by atoms with Crippen LogP contribution in [0.4, 0.5) is 11.4 Å². The molecule has 0 heterocycles. The van der Waals surface area contributed by atoms with Crippen molar-refractivity contribution in [2.45, 2.75) is 19.4 Å². The topological polar surface area (TPSA) is 61.5 Å². The molecule has 0 amide bonds. The Morgan fingerprint density at radius 1 is 1.41 bits per heavy atom. The Kier molecular flexibility index (Phi) is 4.37. The maximum Gasteiger partial charge on any atom is 0.0917 e. The van der Waals surface area contributed by atoms with Crippen molar-refractivity contribution in [2.24, 2.45) is 0 Å². The molecule has 1 rings (SSSR count). The molecule has 4 N–H and O–H groups in total. The number of hydrogen-bond acceptors (Lipinski definition) is 4. The van der Waals surface area contributed by atoms with Gasteiger partial charge >= 0.3 is 0 Å². The van der Waals surface area contributed by atoms with Crippen LogP contribution in [0.5, 0.6) is 0 Å². The molecule has 1 unspecified atom stereocenters. The predicted molar refractivity (Wildman–Crippen MR) is 73.3 cm³/mol. The number of hydrogen-bond donors (Lipinski definition) is 3. The first-order valence-corrected chi connectivity index (χ1v) is 5.77. The van der Waals surface area contributed by atoms with Crippen LogP contribution in [0.1, 0.15) is 12.5 Å². The average molecular weight is 237 g/mol. The lowest BCUT2D eigenvalue weighted by atomic mass is 10.1. The molecular weight excluding hydrogens is 214 g/mol. The normalized spacial score (nSPS) is 14.7. The first-order chi connectivity index (χ1) is 7.80. The predicted octanol–water partition coefficient (Wildman–Crippen LogP) is 1.30. The highest BCUT2D eigenvalue weighted by molar-refractivity contribution is 5.66. The zero-order valence-electron chi connectivity index (χ0n) is 11.1. The Balaban J connectivity index is 2.61. The lowest BCUT2D eigenvalue weighted by molar-refractivity contribution is 0.0460. The van der Waals surface area contributed by atoms with Gasteiger partial charge in [0, 0.05) is 13.1 Å². The number of rotatable bonds is 5. The van der Waals surface area contributed by atoms with Gasteiger partial charge in [-0.15, -0.1) is 0 Å². The van der Waals surface area contributed by atoms with Gasteiger partial charge < -0.3 is 21.1 Å². The van der Waals surface area contributed by atoms with Crippen LogP contribution < -0.4 is 11.1 Å². The lowest BCUT2D eigenvalue weighted by Gasteiger charge is -2.27. The first kappa shape index (κ1) is 13.8. The molecule has 1 aromatic carbocycles. The van der Waals surface area contributed by atoms with E-state index in [1.54, 1.807) is 0 Å². The van der Waals surface area contributed by atoms with Crippen LogP contribution in [-0.4, -0.2) is 42.8 Å². The Labute approximate surface area is 103 Å². The van der Waals surface area contributed by atoms with Gasteiger partial charge in [0.15, 0.2) is 0 Å². The number of aryl methyl sites for hydroxylation is 1. The number of benzene rings is 1. The van der Waals surface area contributed by atoms with Crippen molar-refractivity contribution in [3.8, 4) is 0 Å². The minimum atomic E-state index is -0.777. The van der Waals surface area contributed by atoms with Gasteiger partial charge in [-0.3, -0.25) is 0 Å². The molecule has 0 aliphatic rings. The van der Waals surface area contributed by atoms with Crippen LogP contribution in [-0.2, 0) is 0 Å². The molecule has 0 aliphatic carbocycles. The molecular formula is C13H23N3O. The number of nitrogens with one attached hydrogen (secondary N) is 1. The lowest BCUT2D eigenvalue weighted by Crippen LogP contribution is -2.43. The molecule has 0 aliphatic heterocycles. The van der Waals surface area contributed by atoms with Gasteiger partial charge in [-0.2, -0.15) is 0 Å². The zero-order chi connectivity index (χ0) is 13.1. The molecule has 96 valence electrons. The van der Waals surface area contributed by atoms with E-state index in [1.807, 2.05) is 51.0 Å². The highest BCUT2D eigenvalue weighted by Crippen LogP contribution is 2.20. The van der Waals surface area contributed by atoms with Crippen LogP contribution in [0, 0.1) is 6.92 Å². The average Bonchev–Trinajstić information content (AvgIpc) is 2.14. The quantitative estimate of drug-likeness (QED) is 0.676. The third-order valence-corrected chi connectivity index (χ3v) is 2.52. The minimum Gasteiger partial charge on any atom is -0.397 e. The summed E-state index contributed by atoms with van der Waals surface area (Å²) in [4.78, 5) is 1.96. The van der Waals surface area contributed by atoms with Crippen molar-refractivity contribution in [1.82, 2.24) is 4.90 Å². The molecule has 1 atom stereocenters. The highest BCUT2D eigenvalue weighted by Gasteiger charge is 2.21. The number of nitrogens with two attached hydrogens (primary N) is 1. The van der Waals surface area contributed by atoms with E-state index in [0.29, 0.717) is 18.8 Å². The van der Waals surface area contributed by atoms with Crippen LogP contribution in [0.2, 0.25) is 0 Å². The Morgan fingerprint density at radius 2 is 2.06 bits per heavy atom. The maximum absolute atomic E-state index is 10.1. The van der Waals surface area contributed by atoms with Gasteiger partial charge in [0.25, 0.3) is 0 Å². The third kappa shape index (κ3) is 4.63. The third-order valence-electron chi connectivity index (χ3n) is 2.52. The minimum absolute atomic E-state index is 0.471. The van der Waals surface area contributed by atoms with E-state index < -0.39 is 5.60 Å². The molecule has 4 nitrogen and oxygen atoms in total. The Morgan fingerprint density at radius 3 is 2.59 bits per heavy atom. The van der Waals surface area contributed by atoms with E-state index in [0.717, 1.165) is 11.3 Å². The van der Waals surface area contributed by atoms with E-state index in [1.165, 1.54) is 0 Å². The van der Waals surface area contributed by atoms with Gasteiger partial charge in [0.1, 0.15) is 0 Å². The van der Waals surface area contributed by atoms with Crippen LogP contribution in [0.15, 0.2) is 18.2 Å².